The van der Waals surface area contributed by atoms with Gasteiger partial charge in [-0.3, -0.25) is 0 Å². The summed E-state index contributed by atoms with van der Waals surface area (Å²) in [7, 11) is 0. The minimum Gasteiger partial charge on any atom is -0.457 e. The van der Waals surface area contributed by atoms with Crippen LogP contribution in [0.1, 0.15) is 11.1 Å². The number of benzene rings is 4. The van der Waals surface area contributed by atoms with E-state index in [9.17, 15) is 0 Å². The zero-order valence-corrected chi connectivity index (χ0v) is 16.7. The predicted molar refractivity (Wildman–Crippen MR) is 124 cm³/mol. The normalized spacial score (nSPS) is 10.9. The van der Waals surface area contributed by atoms with Gasteiger partial charge in [0.1, 0.15) is 11.5 Å². The number of fused-ring (bicyclic) bond motifs is 1. The average Bonchev–Trinajstić information content (AvgIpc) is 3.18. The van der Waals surface area contributed by atoms with Crippen molar-refractivity contribution >= 4 is 10.9 Å². The van der Waals surface area contributed by atoms with Gasteiger partial charge in [0.25, 0.3) is 0 Å². The minimum atomic E-state index is 0.839. The lowest BCUT2D eigenvalue weighted by Crippen LogP contribution is -1.93. The van der Waals surface area contributed by atoms with E-state index in [-0.39, 0.29) is 0 Å². The summed E-state index contributed by atoms with van der Waals surface area (Å²) in [6.07, 6.45) is 4.34. The SMILES string of the molecule is c1ccc(CCc2cn(-c3ccc(Oc4ccccc4)cc3)c3ccccc23)cc1. The van der Waals surface area contributed by atoms with Crippen LogP contribution in [0.5, 0.6) is 11.5 Å². The molecule has 0 aliphatic carbocycles. The fourth-order valence-corrected chi connectivity index (χ4v) is 3.89. The molecular formula is C28H23NO. The molecule has 0 aliphatic rings. The third-order valence-corrected chi connectivity index (χ3v) is 5.41. The second-order valence-electron chi connectivity index (χ2n) is 7.44. The van der Waals surface area contributed by atoms with E-state index in [1.165, 1.54) is 22.0 Å². The van der Waals surface area contributed by atoms with Crippen molar-refractivity contribution in [3.63, 3.8) is 0 Å². The van der Waals surface area contributed by atoms with E-state index in [1.54, 1.807) is 0 Å². The van der Waals surface area contributed by atoms with Crippen LogP contribution in [0, 0.1) is 0 Å². The fourth-order valence-electron chi connectivity index (χ4n) is 3.89. The second-order valence-corrected chi connectivity index (χ2v) is 7.44. The molecule has 2 nitrogen and oxygen atoms in total. The number of rotatable bonds is 6. The maximum Gasteiger partial charge on any atom is 0.127 e. The summed E-state index contributed by atoms with van der Waals surface area (Å²) in [6, 6.07) is 37.5. The lowest BCUT2D eigenvalue weighted by atomic mass is 10.0. The molecule has 0 atom stereocenters. The van der Waals surface area contributed by atoms with Gasteiger partial charge in [0.05, 0.1) is 5.52 Å². The highest BCUT2D eigenvalue weighted by Gasteiger charge is 2.10. The van der Waals surface area contributed by atoms with E-state index in [1.807, 2.05) is 42.5 Å². The summed E-state index contributed by atoms with van der Waals surface area (Å²) in [6.45, 7) is 0. The van der Waals surface area contributed by atoms with Gasteiger partial charge in [0, 0.05) is 17.3 Å². The third-order valence-electron chi connectivity index (χ3n) is 5.41. The molecular weight excluding hydrogens is 366 g/mol. The van der Waals surface area contributed by atoms with Crippen LogP contribution in [0.4, 0.5) is 0 Å². The standard InChI is InChI=1S/C28H23NO/c1-3-9-22(10-4-1)15-16-23-21-29(28-14-8-7-13-27(23)28)24-17-19-26(20-18-24)30-25-11-5-2-6-12-25/h1-14,17-21H,15-16H2. The van der Waals surface area contributed by atoms with Crippen LogP contribution in [0.25, 0.3) is 16.6 Å². The third kappa shape index (κ3) is 3.85. The van der Waals surface area contributed by atoms with Gasteiger partial charge in [-0.15, -0.1) is 0 Å². The smallest absolute Gasteiger partial charge is 0.127 e. The molecule has 1 heterocycles. The number of nitrogens with zero attached hydrogens (tertiary/aromatic N) is 1. The first-order chi connectivity index (χ1) is 14.9. The Hall–Kier alpha value is -3.78. The Morgan fingerprint density at radius 3 is 1.97 bits per heavy atom. The highest BCUT2D eigenvalue weighted by molar-refractivity contribution is 5.85. The van der Waals surface area contributed by atoms with Crippen molar-refractivity contribution in [1.82, 2.24) is 4.57 Å². The Morgan fingerprint density at radius 1 is 0.567 bits per heavy atom. The first-order valence-corrected chi connectivity index (χ1v) is 10.3. The summed E-state index contributed by atoms with van der Waals surface area (Å²) in [5.74, 6) is 1.69. The molecule has 0 amide bonds. The van der Waals surface area contributed by atoms with Crippen LogP contribution in [-0.2, 0) is 12.8 Å². The van der Waals surface area contributed by atoms with Gasteiger partial charge in [-0.2, -0.15) is 0 Å². The molecule has 4 aromatic carbocycles. The molecule has 0 saturated heterocycles. The summed E-state index contributed by atoms with van der Waals surface area (Å²) < 4.78 is 8.22. The number of hydrogen-bond donors (Lipinski definition) is 0. The summed E-state index contributed by atoms with van der Waals surface area (Å²) in [5.41, 5.74) is 5.12. The molecule has 0 N–H and O–H groups in total. The summed E-state index contributed by atoms with van der Waals surface area (Å²) >= 11 is 0. The average molecular weight is 389 g/mol. The molecule has 0 fully saturated rings. The Morgan fingerprint density at radius 2 is 1.20 bits per heavy atom. The lowest BCUT2D eigenvalue weighted by Gasteiger charge is -2.08. The first-order valence-electron chi connectivity index (χ1n) is 10.3. The number of aryl methyl sites for hydroxylation is 2. The van der Waals surface area contributed by atoms with Crippen LogP contribution in [-0.4, -0.2) is 4.57 Å². The number of ether oxygens (including phenoxy) is 1. The molecule has 146 valence electrons. The molecule has 5 aromatic rings. The largest absolute Gasteiger partial charge is 0.457 e. The number of aromatic nitrogens is 1. The zero-order chi connectivity index (χ0) is 20.2. The van der Waals surface area contributed by atoms with E-state index in [0.29, 0.717) is 0 Å². The maximum absolute atomic E-state index is 5.94. The molecule has 0 unspecified atom stereocenters. The van der Waals surface area contributed by atoms with Crippen molar-refractivity contribution in [3.8, 4) is 17.2 Å². The van der Waals surface area contributed by atoms with Crippen LogP contribution in [0.3, 0.4) is 0 Å². The molecule has 0 saturated carbocycles. The van der Waals surface area contributed by atoms with Crippen LogP contribution in [0.15, 0.2) is 115 Å². The van der Waals surface area contributed by atoms with Crippen molar-refractivity contribution in [2.75, 3.05) is 0 Å². The molecule has 1 aromatic heterocycles. The van der Waals surface area contributed by atoms with Gasteiger partial charge in [0.15, 0.2) is 0 Å². The molecule has 0 aliphatic heterocycles. The Labute approximate surface area is 177 Å². The molecule has 2 heteroatoms. The van der Waals surface area contributed by atoms with Crippen molar-refractivity contribution in [3.05, 3.63) is 127 Å². The molecule has 0 spiro atoms. The van der Waals surface area contributed by atoms with E-state index >= 15 is 0 Å². The van der Waals surface area contributed by atoms with Gasteiger partial charge in [0.2, 0.25) is 0 Å². The minimum absolute atomic E-state index is 0.839. The molecule has 0 radical (unpaired) electrons. The Bertz CT molecular complexity index is 1240. The van der Waals surface area contributed by atoms with Crippen LogP contribution >= 0.6 is 0 Å². The highest BCUT2D eigenvalue weighted by atomic mass is 16.5. The van der Waals surface area contributed by atoms with Crippen molar-refractivity contribution in [2.45, 2.75) is 12.8 Å². The molecule has 30 heavy (non-hydrogen) atoms. The Balaban J connectivity index is 1.42. The van der Waals surface area contributed by atoms with Gasteiger partial charge in [-0.05, 0) is 66.4 Å². The van der Waals surface area contributed by atoms with Gasteiger partial charge >= 0.3 is 0 Å². The lowest BCUT2D eigenvalue weighted by molar-refractivity contribution is 0.482. The van der Waals surface area contributed by atoms with Gasteiger partial charge in [-0.1, -0.05) is 66.7 Å². The van der Waals surface area contributed by atoms with E-state index in [0.717, 1.165) is 30.0 Å². The topological polar surface area (TPSA) is 14.2 Å². The molecule has 5 rings (SSSR count). The fraction of sp³-hybridized carbons (Fsp3) is 0.0714. The maximum atomic E-state index is 5.94. The van der Waals surface area contributed by atoms with Crippen molar-refractivity contribution in [2.24, 2.45) is 0 Å². The zero-order valence-electron chi connectivity index (χ0n) is 16.7. The highest BCUT2D eigenvalue weighted by Crippen LogP contribution is 2.28. The quantitative estimate of drug-likeness (QED) is 0.299. The Kier molecular flexibility index (Phi) is 5.05. The molecule has 0 bridgehead atoms. The van der Waals surface area contributed by atoms with Gasteiger partial charge in [-0.25, -0.2) is 0 Å². The first kappa shape index (κ1) is 18.3. The second kappa shape index (κ2) is 8.30. The van der Waals surface area contributed by atoms with Crippen LogP contribution < -0.4 is 4.74 Å². The van der Waals surface area contributed by atoms with Gasteiger partial charge < -0.3 is 9.30 Å². The van der Waals surface area contributed by atoms with Crippen molar-refractivity contribution in [1.29, 1.82) is 0 Å². The summed E-state index contributed by atoms with van der Waals surface area (Å²) in [4.78, 5) is 0. The van der Waals surface area contributed by atoms with E-state index in [2.05, 4.69) is 77.5 Å². The van der Waals surface area contributed by atoms with E-state index < -0.39 is 0 Å². The summed E-state index contributed by atoms with van der Waals surface area (Å²) in [5, 5.41) is 1.32. The van der Waals surface area contributed by atoms with E-state index in [4.69, 9.17) is 4.74 Å². The van der Waals surface area contributed by atoms with Crippen molar-refractivity contribution < 1.29 is 4.74 Å². The number of para-hydroxylation sites is 2. The predicted octanol–water partition coefficient (Wildman–Crippen LogP) is 7.21. The van der Waals surface area contributed by atoms with Crippen LogP contribution in [0.2, 0.25) is 0 Å². The number of hydrogen-bond acceptors (Lipinski definition) is 1. The monoisotopic (exact) mass is 389 g/mol.